The summed E-state index contributed by atoms with van der Waals surface area (Å²) in [5, 5.41) is 0. The summed E-state index contributed by atoms with van der Waals surface area (Å²) in [6.45, 7) is 4.13. The number of carbonyl (C=O) groups excluding carboxylic acids is 2. The average Bonchev–Trinajstić information content (AvgIpc) is 2.31. The molecule has 0 saturated heterocycles. The number of ether oxygens (including phenoxy) is 1. The molecule has 0 aromatic carbocycles. The van der Waals surface area contributed by atoms with E-state index in [0.29, 0.717) is 19.4 Å². The van der Waals surface area contributed by atoms with E-state index < -0.39 is 11.4 Å². The second-order valence-corrected chi connectivity index (χ2v) is 3.93. The van der Waals surface area contributed by atoms with Gasteiger partial charge < -0.3 is 15.4 Å². The third-order valence-corrected chi connectivity index (χ3v) is 3.14. The molecule has 16 heavy (non-hydrogen) atoms. The SMILES string of the molecule is CCC(CC)(CN)C(=O)N(C)CC(=O)OC. The van der Waals surface area contributed by atoms with Crippen molar-refractivity contribution in [1.29, 1.82) is 0 Å². The van der Waals surface area contributed by atoms with Crippen molar-refractivity contribution in [3.05, 3.63) is 0 Å². The lowest BCUT2D eigenvalue weighted by atomic mass is 9.81. The third-order valence-electron chi connectivity index (χ3n) is 3.14. The smallest absolute Gasteiger partial charge is 0.325 e. The molecule has 0 aliphatic rings. The first-order valence-corrected chi connectivity index (χ1v) is 5.49. The van der Waals surface area contributed by atoms with Gasteiger partial charge in [0.2, 0.25) is 5.91 Å². The standard InChI is InChI=1S/C11H22N2O3/c1-5-11(6-2,8-12)10(15)13(3)7-9(14)16-4/h5-8,12H2,1-4H3. The Kier molecular flexibility index (Phi) is 6.03. The summed E-state index contributed by atoms with van der Waals surface area (Å²) >= 11 is 0. The minimum atomic E-state index is -0.553. The Bertz CT molecular complexity index is 241. The van der Waals surface area contributed by atoms with Gasteiger partial charge in [0, 0.05) is 13.6 Å². The highest BCUT2D eigenvalue weighted by atomic mass is 16.5. The molecule has 0 fully saturated rings. The second-order valence-electron chi connectivity index (χ2n) is 3.93. The molecule has 0 saturated carbocycles. The van der Waals surface area contributed by atoms with Gasteiger partial charge in [-0.15, -0.1) is 0 Å². The van der Waals surface area contributed by atoms with Crippen molar-refractivity contribution >= 4 is 11.9 Å². The monoisotopic (exact) mass is 230 g/mol. The molecule has 0 aliphatic heterocycles. The van der Waals surface area contributed by atoms with E-state index in [9.17, 15) is 9.59 Å². The van der Waals surface area contributed by atoms with E-state index in [1.807, 2.05) is 13.8 Å². The second kappa shape index (κ2) is 6.48. The van der Waals surface area contributed by atoms with Crippen LogP contribution in [0.1, 0.15) is 26.7 Å². The van der Waals surface area contributed by atoms with Gasteiger partial charge in [0.15, 0.2) is 0 Å². The minimum Gasteiger partial charge on any atom is -0.468 e. The van der Waals surface area contributed by atoms with Crippen molar-refractivity contribution in [2.75, 3.05) is 27.2 Å². The van der Waals surface area contributed by atoms with Gasteiger partial charge in [-0.05, 0) is 12.8 Å². The van der Waals surface area contributed by atoms with Crippen LogP contribution in [-0.2, 0) is 14.3 Å². The molecule has 0 radical (unpaired) electrons. The molecule has 1 amide bonds. The molecule has 5 heteroatoms. The fourth-order valence-electron chi connectivity index (χ4n) is 1.66. The van der Waals surface area contributed by atoms with Gasteiger partial charge in [-0.3, -0.25) is 9.59 Å². The van der Waals surface area contributed by atoms with Gasteiger partial charge in [0.1, 0.15) is 6.54 Å². The van der Waals surface area contributed by atoms with Crippen molar-refractivity contribution in [3.8, 4) is 0 Å². The van der Waals surface area contributed by atoms with E-state index in [0.717, 1.165) is 0 Å². The fraction of sp³-hybridized carbons (Fsp3) is 0.818. The summed E-state index contributed by atoms with van der Waals surface area (Å²) in [6, 6.07) is 0. The molecule has 0 aromatic heterocycles. The van der Waals surface area contributed by atoms with Crippen molar-refractivity contribution in [1.82, 2.24) is 4.90 Å². The van der Waals surface area contributed by atoms with Crippen molar-refractivity contribution < 1.29 is 14.3 Å². The quantitative estimate of drug-likeness (QED) is 0.670. The van der Waals surface area contributed by atoms with Crippen LogP contribution in [0.5, 0.6) is 0 Å². The molecule has 0 aliphatic carbocycles. The predicted octanol–water partition coefficient (Wildman–Crippen LogP) is 0.383. The normalized spacial score (nSPS) is 11.1. The number of hydrogen-bond acceptors (Lipinski definition) is 4. The van der Waals surface area contributed by atoms with E-state index in [4.69, 9.17) is 5.73 Å². The van der Waals surface area contributed by atoms with Crippen LogP contribution in [0.15, 0.2) is 0 Å². The number of methoxy groups -OCH3 is 1. The molecule has 0 atom stereocenters. The summed E-state index contributed by atoms with van der Waals surface area (Å²) in [5.74, 6) is -0.514. The first-order chi connectivity index (χ1) is 7.47. The summed E-state index contributed by atoms with van der Waals surface area (Å²) in [4.78, 5) is 24.6. The number of nitrogens with two attached hydrogens (primary N) is 1. The average molecular weight is 230 g/mol. The van der Waals surface area contributed by atoms with E-state index >= 15 is 0 Å². The maximum atomic E-state index is 12.1. The number of rotatable bonds is 6. The van der Waals surface area contributed by atoms with Gasteiger partial charge in [-0.2, -0.15) is 0 Å². The topological polar surface area (TPSA) is 72.6 Å². The zero-order valence-electron chi connectivity index (χ0n) is 10.6. The lowest BCUT2D eigenvalue weighted by Gasteiger charge is -2.32. The Labute approximate surface area is 96.9 Å². The van der Waals surface area contributed by atoms with E-state index in [2.05, 4.69) is 4.74 Å². The molecule has 0 rings (SSSR count). The molecule has 0 spiro atoms. The predicted molar refractivity (Wildman–Crippen MR) is 61.7 cm³/mol. The van der Waals surface area contributed by atoms with Gasteiger partial charge in [-0.25, -0.2) is 0 Å². The van der Waals surface area contributed by atoms with Gasteiger partial charge >= 0.3 is 5.97 Å². The Balaban J connectivity index is 4.68. The third kappa shape index (κ3) is 3.20. The minimum absolute atomic E-state index is 0.0307. The molecular formula is C11H22N2O3. The zero-order chi connectivity index (χ0) is 12.8. The van der Waals surface area contributed by atoms with E-state index in [1.54, 1.807) is 7.05 Å². The Hall–Kier alpha value is -1.10. The van der Waals surface area contributed by atoms with Crippen LogP contribution in [0, 0.1) is 5.41 Å². The molecule has 94 valence electrons. The molecule has 2 N–H and O–H groups in total. The lowest BCUT2D eigenvalue weighted by Crippen LogP contribution is -2.47. The maximum absolute atomic E-state index is 12.1. The van der Waals surface area contributed by atoms with Crippen LogP contribution in [-0.4, -0.2) is 44.0 Å². The Morgan fingerprint density at radius 3 is 2.12 bits per heavy atom. The van der Waals surface area contributed by atoms with Gasteiger partial charge in [0.25, 0.3) is 0 Å². The van der Waals surface area contributed by atoms with E-state index in [1.165, 1.54) is 12.0 Å². The first kappa shape index (κ1) is 14.9. The molecule has 0 unspecified atom stereocenters. The Morgan fingerprint density at radius 1 is 1.31 bits per heavy atom. The first-order valence-electron chi connectivity index (χ1n) is 5.49. The zero-order valence-corrected chi connectivity index (χ0v) is 10.6. The van der Waals surface area contributed by atoms with Crippen molar-refractivity contribution in [2.45, 2.75) is 26.7 Å². The number of nitrogens with zero attached hydrogens (tertiary/aromatic N) is 1. The highest BCUT2D eigenvalue weighted by Gasteiger charge is 2.36. The summed E-state index contributed by atoms with van der Waals surface area (Å²) in [5.41, 5.74) is 5.11. The van der Waals surface area contributed by atoms with Crippen molar-refractivity contribution in [3.63, 3.8) is 0 Å². The molecule has 5 nitrogen and oxygen atoms in total. The van der Waals surface area contributed by atoms with Gasteiger partial charge in [-0.1, -0.05) is 13.8 Å². The van der Waals surface area contributed by atoms with Crippen molar-refractivity contribution in [2.24, 2.45) is 11.1 Å². The van der Waals surface area contributed by atoms with Crippen LogP contribution >= 0.6 is 0 Å². The largest absolute Gasteiger partial charge is 0.468 e. The number of carbonyl (C=O) groups is 2. The molecular weight excluding hydrogens is 208 g/mol. The molecule has 0 heterocycles. The summed E-state index contributed by atoms with van der Waals surface area (Å²) < 4.78 is 4.52. The summed E-state index contributed by atoms with van der Waals surface area (Å²) in [6.07, 6.45) is 1.34. The highest BCUT2D eigenvalue weighted by molar-refractivity contribution is 5.86. The van der Waals surface area contributed by atoms with Crippen LogP contribution in [0.2, 0.25) is 0 Å². The number of likely N-dealkylation sites (N-methyl/N-ethyl adjacent to an activating group) is 1. The molecule has 0 aromatic rings. The van der Waals surface area contributed by atoms with Gasteiger partial charge in [0.05, 0.1) is 12.5 Å². The number of hydrogen-bond donors (Lipinski definition) is 1. The Morgan fingerprint density at radius 2 is 1.81 bits per heavy atom. The van der Waals surface area contributed by atoms with Crippen LogP contribution in [0.25, 0.3) is 0 Å². The lowest BCUT2D eigenvalue weighted by molar-refractivity contribution is -0.150. The highest BCUT2D eigenvalue weighted by Crippen LogP contribution is 2.27. The van der Waals surface area contributed by atoms with Crippen LogP contribution in [0.4, 0.5) is 0 Å². The summed E-state index contributed by atoms with van der Waals surface area (Å²) in [7, 11) is 2.89. The van der Waals surface area contributed by atoms with Crippen LogP contribution < -0.4 is 5.73 Å². The maximum Gasteiger partial charge on any atom is 0.325 e. The number of amides is 1. The van der Waals surface area contributed by atoms with E-state index in [-0.39, 0.29) is 12.5 Å². The fourth-order valence-corrected chi connectivity index (χ4v) is 1.66. The molecule has 0 bridgehead atoms. The van der Waals surface area contributed by atoms with Crippen LogP contribution in [0.3, 0.4) is 0 Å². The number of esters is 1.